The molecule has 0 radical (unpaired) electrons. The van der Waals surface area contributed by atoms with Crippen molar-refractivity contribution in [3.8, 4) is 5.75 Å². The zero-order valence-corrected chi connectivity index (χ0v) is 11.8. The normalized spacial score (nSPS) is 23.1. The molecule has 1 aromatic carbocycles. The summed E-state index contributed by atoms with van der Waals surface area (Å²) in [5.74, 6) is 1.28. The van der Waals surface area contributed by atoms with Crippen molar-refractivity contribution < 1.29 is 9.53 Å². The van der Waals surface area contributed by atoms with Gasteiger partial charge in [-0.2, -0.15) is 0 Å². The van der Waals surface area contributed by atoms with E-state index in [-0.39, 0.29) is 17.7 Å². The number of aryl methyl sites for hydroxylation is 1. The van der Waals surface area contributed by atoms with Crippen molar-refractivity contribution in [3.05, 3.63) is 29.3 Å². The van der Waals surface area contributed by atoms with Crippen molar-refractivity contribution in [1.82, 2.24) is 0 Å². The fourth-order valence-corrected chi connectivity index (χ4v) is 2.83. The third-order valence-corrected chi connectivity index (χ3v) is 4.09. The second kappa shape index (κ2) is 6.20. The molecule has 1 saturated carbocycles. The molecular weight excluding hydrogens is 238 g/mol. The summed E-state index contributed by atoms with van der Waals surface area (Å²) in [6, 6.07) is 6.05. The number of rotatable bonds is 4. The molecule has 0 heterocycles. The topological polar surface area (TPSA) is 52.3 Å². The van der Waals surface area contributed by atoms with Gasteiger partial charge in [-0.25, -0.2) is 0 Å². The maximum atomic E-state index is 12.5. The first-order chi connectivity index (χ1) is 9.15. The van der Waals surface area contributed by atoms with Crippen LogP contribution in [0.1, 0.15) is 48.5 Å². The summed E-state index contributed by atoms with van der Waals surface area (Å²) in [6.07, 6.45) is 4.65. The summed E-state index contributed by atoms with van der Waals surface area (Å²) in [7, 11) is 1.67. The van der Waals surface area contributed by atoms with Crippen molar-refractivity contribution in [2.24, 2.45) is 11.7 Å². The quantitative estimate of drug-likeness (QED) is 0.848. The van der Waals surface area contributed by atoms with Gasteiger partial charge in [-0.05, 0) is 55.9 Å². The van der Waals surface area contributed by atoms with Gasteiger partial charge in [-0.15, -0.1) is 0 Å². The number of Topliss-reactive ketones (excluding diaryl/α,β-unsaturated/α-hetero) is 1. The van der Waals surface area contributed by atoms with Crippen LogP contribution in [0.5, 0.6) is 5.75 Å². The molecule has 0 aromatic heterocycles. The molecule has 0 unspecified atom stereocenters. The third kappa shape index (κ3) is 3.16. The summed E-state index contributed by atoms with van der Waals surface area (Å²) in [4.78, 5) is 12.5. The number of carbonyl (C=O) groups excluding carboxylic acids is 1. The van der Waals surface area contributed by atoms with Crippen LogP contribution < -0.4 is 10.5 Å². The number of nitrogens with two attached hydrogens (primary N) is 1. The number of ether oxygens (including phenoxy) is 1. The van der Waals surface area contributed by atoms with E-state index < -0.39 is 0 Å². The molecule has 3 heteroatoms. The molecule has 19 heavy (non-hydrogen) atoms. The maximum Gasteiger partial charge on any atom is 0.165 e. The lowest BCUT2D eigenvalue weighted by Gasteiger charge is -2.25. The average Bonchev–Trinajstić information content (AvgIpc) is 2.46. The van der Waals surface area contributed by atoms with E-state index in [2.05, 4.69) is 6.92 Å². The Labute approximate surface area is 115 Å². The Morgan fingerprint density at radius 3 is 2.58 bits per heavy atom. The van der Waals surface area contributed by atoms with Gasteiger partial charge in [-0.1, -0.05) is 6.92 Å². The van der Waals surface area contributed by atoms with E-state index in [1.807, 2.05) is 18.2 Å². The highest BCUT2D eigenvalue weighted by molar-refractivity contribution is 5.98. The van der Waals surface area contributed by atoms with Gasteiger partial charge in [0.05, 0.1) is 7.11 Å². The zero-order valence-electron chi connectivity index (χ0n) is 11.8. The Morgan fingerprint density at radius 1 is 1.32 bits per heavy atom. The molecule has 2 rings (SSSR count). The van der Waals surface area contributed by atoms with Gasteiger partial charge in [0.25, 0.3) is 0 Å². The molecule has 3 nitrogen and oxygen atoms in total. The fraction of sp³-hybridized carbons (Fsp3) is 0.562. The zero-order chi connectivity index (χ0) is 13.8. The summed E-state index contributed by atoms with van der Waals surface area (Å²) < 4.78 is 5.30. The molecule has 1 aromatic rings. The predicted octanol–water partition coefficient (Wildman–Crippen LogP) is 2.96. The van der Waals surface area contributed by atoms with E-state index in [9.17, 15) is 4.79 Å². The average molecular weight is 261 g/mol. The molecule has 0 spiro atoms. The van der Waals surface area contributed by atoms with Crippen LogP contribution in [0.2, 0.25) is 0 Å². The molecule has 0 saturated heterocycles. The standard InChI is InChI=1S/C16H23NO2/c1-3-11-10-13(6-9-15(11)19-2)16(18)12-4-7-14(17)8-5-12/h6,9-10,12,14H,3-5,7-8,17H2,1-2H3. The molecule has 1 aliphatic rings. The third-order valence-electron chi connectivity index (χ3n) is 4.09. The number of benzene rings is 1. The van der Waals surface area contributed by atoms with E-state index >= 15 is 0 Å². The number of methoxy groups -OCH3 is 1. The van der Waals surface area contributed by atoms with Gasteiger partial charge in [0.15, 0.2) is 5.78 Å². The van der Waals surface area contributed by atoms with Gasteiger partial charge in [0.2, 0.25) is 0 Å². The fourth-order valence-electron chi connectivity index (χ4n) is 2.83. The summed E-state index contributed by atoms with van der Waals surface area (Å²) >= 11 is 0. The second-order valence-electron chi connectivity index (χ2n) is 5.36. The first-order valence-corrected chi connectivity index (χ1v) is 7.12. The maximum absolute atomic E-state index is 12.5. The molecular formula is C16H23NO2. The van der Waals surface area contributed by atoms with Gasteiger partial charge in [0, 0.05) is 17.5 Å². The molecule has 0 atom stereocenters. The van der Waals surface area contributed by atoms with E-state index in [0.29, 0.717) is 0 Å². The highest BCUT2D eigenvalue weighted by Gasteiger charge is 2.25. The first-order valence-electron chi connectivity index (χ1n) is 7.12. The Balaban J connectivity index is 2.15. The van der Waals surface area contributed by atoms with Gasteiger partial charge in [-0.3, -0.25) is 4.79 Å². The Kier molecular flexibility index (Phi) is 4.59. The highest BCUT2D eigenvalue weighted by Crippen LogP contribution is 2.28. The van der Waals surface area contributed by atoms with Gasteiger partial charge < -0.3 is 10.5 Å². The number of hydrogen-bond donors (Lipinski definition) is 1. The number of carbonyl (C=O) groups is 1. The lowest BCUT2D eigenvalue weighted by molar-refractivity contribution is 0.0884. The van der Waals surface area contributed by atoms with Crippen LogP contribution in [0, 0.1) is 5.92 Å². The number of ketones is 1. The molecule has 104 valence electrons. The van der Waals surface area contributed by atoms with E-state index in [0.717, 1.165) is 49.0 Å². The van der Waals surface area contributed by atoms with E-state index in [1.165, 1.54) is 0 Å². The van der Waals surface area contributed by atoms with Crippen molar-refractivity contribution in [2.75, 3.05) is 7.11 Å². The monoisotopic (exact) mass is 261 g/mol. The molecule has 1 aliphatic carbocycles. The Hall–Kier alpha value is -1.35. The van der Waals surface area contributed by atoms with Crippen LogP contribution in [0.3, 0.4) is 0 Å². The van der Waals surface area contributed by atoms with Gasteiger partial charge >= 0.3 is 0 Å². The first kappa shape index (κ1) is 14.1. The molecule has 0 aliphatic heterocycles. The molecule has 0 amide bonds. The van der Waals surface area contributed by atoms with E-state index in [4.69, 9.17) is 10.5 Å². The van der Waals surface area contributed by atoms with Crippen LogP contribution in [0.25, 0.3) is 0 Å². The van der Waals surface area contributed by atoms with Crippen LogP contribution >= 0.6 is 0 Å². The molecule has 2 N–H and O–H groups in total. The summed E-state index contributed by atoms with van der Waals surface area (Å²) in [5.41, 5.74) is 7.81. The van der Waals surface area contributed by atoms with Crippen LogP contribution in [-0.4, -0.2) is 18.9 Å². The molecule has 1 fully saturated rings. The predicted molar refractivity (Wildman–Crippen MR) is 76.6 cm³/mol. The van der Waals surface area contributed by atoms with Crippen LogP contribution in [0.4, 0.5) is 0 Å². The van der Waals surface area contributed by atoms with Crippen molar-refractivity contribution in [1.29, 1.82) is 0 Å². The van der Waals surface area contributed by atoms with Crippen molar-refractivity contribution >= 4 is 5.78 Å². The Bertz CT molecular complexity index is 448. The minimum atomic E-state index is 0.151. The minimum Gasteiger partial charge on any atom is -0.496 e. The van der Waals surface area contributed by atoms with Crippen molar-refractivity contribution in [2.45, 2.75) is 45.1 Å². The largest absolute Gasteiger partial charge is 0.496 e. The van der Waals surface area contributed by atoms with Crippen LogP contribution in [0.15, 0.2) is 18.2 Å². The smallest absolute Gasteiger partial charge is 0.165 e. The lowest BCUT2D eigenvalue weighted by atomic mass is 9.81. The highest BCUT2D eigenvalue weighted by atomic mass is 16.5. The van der Waals surface area contributed by atoms with Crippen molar-refractivity contribution in [3.63, 3.8) is 0 Å². The van der Waals surface area contributed by atoms with Gasteiger partial charge in [0.1, 0.15) is 5.75 Å². The van der Waals surface area contributed by atoms with E-state index in [1.54, 1.807) is 7.11 Å². The molecule has 0 bridgehead atoms. The second-order valence-corrected chi connectivity index (χ2v) is 5.36. The SMILES string of the molecule is CCc1cc(C(=O)C2CCC(N)CC2)ccc1OC. The lowest BCUT2D eigenvalue weighted by Crippen LogP contribution is -2.29. The number of hydrogen-bond acceptors (Lipinski definition) is 3. The Morgan fingerprint density at radius 2 is 2.00 bits per heavy atom. The summed E-state index contributed by atoms with van der Waals surface area (Å²) in [6.45, 7) is 2.08. The minimum absolute atomic E-state index is 0.151. The van der Waals surface area contributed by atoms with Crippen LogP contribution in [-0.2, 0) is 6.42 Å². The summed E-state index contributed by atoms with van der Waals surface area (Å²) in [5, 5.41) is 0.